The lowest BCUT2D eigenvalue weighted by Crippen LogP contribution is -2.02. The molecule has 2 aromatic heterocycles. The Morgan fingerprint density at radius 1 is 1.10 bits per heavy atom. The van der Waals surface area contributed by atoms with Crippen LogP contribution in [0.25, 0.3) is 0 Å². The van der Waals surface area contributed by atoms with Crippen molar-refractivity contribution < 1.29 is 0 Å². The van der Waals surface area contributed by atoms with Crippen molar-refractivity contribution in [1.29, 1.82) is 0 Å². The Balaban J connectivity index is 1.79. The quantitative estimate of drug-likeness (QED) is 0.797. The van der Waals surface area contributed by atoms with Gasteiger partial charge in [0, 0.05) is 29.8 Å². The van der Waals surface area contributed by atoms with Gasteiger partial charge in [0.05, 0.1) is 6.54 Å². The Bertz CT molecular complexity index is 714. The maximum atomic E-state index is 4.39. The van der Waals surface area contributed by atoms with Crippen molar-refractivity contribution in [1.82, 2.24) is 19.7 Å². The average molecular weight is 279 g/mol. The molecule has 5 nitrogen and oxygen atoms in total. The first-order chi connectivity index (χ1) is 10.2. The molecule has 0 unspecified atom stereocenters. The third-order valence-electron chi connectivity index (χ3n) is 3.07. The van der Waals surface area contributed by atoms with Gasteiger partial charge in [-0.1, -0.05) is 12.1 Å². The Kier molecular flexibility index (Phi) is 3.64. The summed E-state index contributed by atoms with van der Waals surface area (Å²) in [7, 11) is 0. The van der Waals surface area contributed by atoms with E-state index in [2.05, 4.69) is 32.5 Å². The van der Waals surface area contributed by atoms with Crippen LogP contribution < -0.4 is 5.32 Å². The smallest absolute Gasteiger partial charge is 0.134 e. The summed E-state index contributed by atoms with van der Waals surface area (Å²) in [5, 5.41) is 7.55. The van der Waals surface area contributed by atoms with Gasteiger partial charge in [0.25, 0.3) is 0 Å². The topological polar surface area (TPSA) is 55.6 Å². The number of rotatable bonds is 4. The summed E-state index contributed by atoms with van der Waals surface area (Å²) in [6.45, 7) is 4.62. The molecule has 2 heterocycles. The summed E-state index contributed by atoms with van der Waals surface area (Å²) in [6, 6.07) is 12.1. The number of anilines is 2. The van der Waals surface area contributed by atoms with E-state index in [0.717, 1.165) is 29.6 Å². The first-order valence-electron chi connectivity index (χ1n) is 6.85. The summed E-state index contributed by atoms with van der Waals surface area (Å²) in [6.07, 6.45) is 3.74. The van der Waals surface area contributed by atoms with Crippen LogP contribution in [0.4, 0.5) is 11.5 Å². The van der Waals surface area contributed by atoms with E-state index in [4.69, 9.17) is 0 Å². The van der Waals surface area contributed by atoms with Crippen LogP contribution in [0.1, 0.15) is 17.1 Å². The minimum Gasteiger partial charge on any atom is -0.340 e. The van der Waals surface area contributed by atoms with Crippen molar-refractivity contribution in [2.24, 2.45) is 0 Å². The monoisotopic (exact) mass is 279 g/mol. The molecular weight excluding hydrogens is 262 g/mol. The normalized spacial score (nSPS) is 10.6. The van der Waals surface area contributed by atoms with Crippen LogP contribution in [0, 0.1) is 13.8 Å². The molecule has 5 heteroatoms. The zero-order chi connectivity index (χ0) is 14.7. The average Bonchev–Trinajstić information content (AvgIpc) is 2.90. The number of aryl methyl sites for hydroxylation is 2. The van der Waals surface area contributed by atoms with Crippen molar-refractivity contribution in [2.75, 3.05) is 5.32 Å². The van der Waals surface area contributed by atoms with Crippen molar-refractivity contribution >= 4 is 11.5 Å². The van der Waals surface area contributed by atoms with Gasteiger partial charge in [-0.15, -0.1) is 0 Å². The zero-order valence-electron chi connectivity index (χ0n) is 12.1. The number of benzene rings is 1. The molecule has 3 rings (SSSR count). The summed E-state index contributed by atoms with van der Waals surface area (Å²) in [5.74, 6) is 1.58. The van der Waals surface area contributed by atoms with Gasteiger partial charge < -0.3 is 5.32 Å². The van der Waals surface area contributed by atoms with Crippen LogP contribution in [0.15, 0.2) is 48.8 Å². The second-order valence-electron chi connectivity index (χ2n) is 4.97. The predicted molar refractivity (Wildman–Crippen MR) is 82.6 cm³/mol. The molecule has 0 bridgehead atoms. The predicted octanol–water partition coefficient (Wildman–Crippen LogP) is 3.08. The highest BCUT2D eigenvalue weighted by atomic mass is 15.3. The molecule has 0 radical (unpaired) electrons. The Hall–Kier alpha value is -2.69. The van der Waals surface area contributed by atoms with Crippen molar-refractivity contribution in [3.05, 3.63) is 65.9 Å². The molecule has 0 aliphatic carbocycles. The summed E-state index contributed by atoms with van der Waals surface area (Å²) in [5.41, 5.74) is 3.15. The summed E-state index contributed by atoms with van der Waals surface area (Å²) < 4.78 is 1.90. The van der Waals surface area contributed by atoms with Gasteiger partial charge in [0.15, 0.2) is 0 Å². The first-order valence-corrected chi connectivity index (χ1v) is 6.85. The molecule has 21 heavy (non-hydrogen) atoms. The maximum absolute atomic E-state index is 4.39. The van der Waals surface area contributed by atoms with Crippen molar-refractivity contribution in [2.45, 2.75) is 20.4 Å². The third-order valence-corrected chi connectivity index (χ3v) is 3.07. The van der Waals surface area contributed by atoms with Crippen molar-refractivity contribution in [3.8, 4) is 0 Å². The van der Waals surface area contributed by atoms with Gasteiger partial charge in [-0.05, 0) is 37.6 Å². The molecular formula is C16H17N5. The lowest BCUT2D eigenvalue weighted by Gasteiger charge is -2.09. The van der Waals surface area contributed by atoms with Crippen LogP contribution >= 0.6 is 0 Å². The standard InChI is InChI=1S/C16H17N5/c1-12-9-16(19-13(2)18-12)20-15-6-3-5-14(10-15)11-21-8-4-7-17-21/h3-10H,11H2,1-2H3,(H,18,19,20). The molecule has 1 N–H and O–H groups in total. The Morgan fingerprint density at radius 3 is 2.76 bits per heavy atom. The van der Waals surface area contributed by atoms with Gasteiger partial charge >= 0.3 is 0 Å². The number of aromatic nitrogens is 4. The van der Waals surface area contributed by atoms with E-state index in [1.807, 2.05) is 49.0 Å². The van der Waals surface area contributed by atoms with E-state index in [9.17, 15) is 0 Å². The van der Waals surface area contributed by atoms with Crippen LogP contribution in [-0.2, 0) is 6.54 Å². The molecule has 0 atom stereocenters. The van der Waals surface area contributed by atoms with Gasteiger partial charge in [-0.3, -0.25) is 4.68 Å². The third kappa shape index (κ3) is 3.45. The summed E-state index contributed by atoms with van der Waals surface area (Å²) in [4.78, 5) is 8.68. The second-order valence-corrected chi connectivity index (χ2v) is 4.97. The van der Waals surface area contributed by atoms with E-state index in [1.165, 1.54) is 5.56 Å². The van der Waals surface area contributed by atoms with E-state index in [0.29, 0.717) is 0 Å². The highest BCUT2D eigenvalue weighted by Crippen LogP contribution is 2.17. The zero-order valence-corrected chi connectivity index (χ0v) is 12.1. The molecule has 0 saturated heterocycles. The molecule has 0 aliphatic rings. The minimum absolute atomic E-state index is 0.754. The molecule has 0 fully saturated rings. The lowest BCUT2D eigenvalue weighted by atomic mass is 10.2. The number of hydrogen-bond acceptors (Lipinski definition) is 4. The lowest BCUT2D eigenvalue weighted by molar-refractivity contribution is 0.687. The van der Waals surface area contributed by atoms with Crippen LogP contribution in [0.5, 0.6) is 0 Å². The number of nitrogens with zero attached hydrogens (tertiary/aromatic N) is 4. The fourth-order valence-corrected chi connectivity index (χ4v) is 2.26. The molecule has 106 valence electrons. The Morgan fingerprint density at radius 2 is 2.00 bits per heavy atom. The molecule has 0 spiro atoms. The Labute approximate surface area is 123 Å². The van der Waals surface area contributed by atoms with Gasteiger partial charge in [-0.2, -0.15) is 5.10 Å². The number of hydrogen-bond donors (Lipinski definition) is 1. The maximum Gasteiger partial charge on any atom is 0.134 e. The first kappa shape index (κ1) is 13.3. The SMILES string of the molecule is Cc1cc(Nc2cccc(Cn3cccn3)c2)nc(C)n1. The van der Waals surface area contributed by atoms with Crippen molar-refractivity contribution in [3.63, 3.8) is 0 Å². The van der Waals surface area contributed by atoms with Crippen LogP contribution in [0.2, 0.25) is 0 Å². The van der Waals surface area contributed by atoms with E-state index < -0.39 is 0 Å². The summed E-state index contributed by atoms with van der Waals surface area (Å²) >= 11 is 0. The fraction of sp³-hybridized carbons (Fsp3) is 0.188. The molecule has 1 aromatic carbocycles. The van der Waals surface area contributed by atoms with Gasteiger partial charge in [0.1, 0.15) is 11.6 Å². The van der Waals surface area contributed by atoms with E-state index >= 15 is 0 Å². The van der Waals surface area contributed by atoms with E-state index in [1.54, 1.807) is 6.20 Å². The molecule has 0 aliphatic heterocycles. The fourth-order valence-electron chi connectivity index (χ4n) is 2.26. The highest BCUT2D eigenvalue weighted by molar-refractivity contribution is 5.57. The molecule has 0 saturated carbocycles. The minimum atomic E-state index is 0.754. The van der Waals surface area contributed by atoms with Gasteiger partial charge in [0.2, 0.25) is 0 Å². The highest BCUT2D eigenvalue weighted by Gasteiger charge is 2.01. The molecule has 3 aromatic rings. The van der Waals surface area contributed by atoms with Crippen LogP contribution in [-0.4, -0.2) is 19.7 Å². The molecule has 0 amide bonds. The van der Waals surface area contributed by atoms with Gasteiger partial charge in [-0.25, -0.2) is 9.97 Å². The van der Waals surface area contributed by atoms with E-state index in [-0.39, 0.29) is 0 Å². The second kappa shape index (κ2) is 5.75. The number of nitrogens with one attached hydrogen (secondary N) is 1. The van der Waals surface area contributed by atoms with Crippen LogP contribution in [0.3, 0.4) is 0 Å². The largest absolute Gasteiger partial charge is 0.340 e.